The Bertz CT molecular complexity index is 176. The molecular weight excluding hydrogens is 206 g/mol. The van der Waals surface area contributed by atoms with Crippen LogP contribution in [0.5, 0.6) is 0 Å². The molecule has 0 aromatic carbocycles. The second-order valence-electron chi connectivity index (χ2n) is 5.07. The number of hydrogen-bond acceptors (Lipinski definition) is 4. The smallest absolute Gasteiger partial charge is 0.0767 e. The molecule has 0 aliphatic heterocycles. The highest BCUT2D eigenvalue weighted by Gasteiger charge is 2.33. The van der Waals surface area contributed by atoms with Crippen molar-refractivity contribution >= 4 is 0 Å². The zero-order chi connectivity index (χ0) is 12.7. The first-order valence-electron chi connectivity index (χ1n) is 5.85. The van der Waals surface area contributed by atoms with Gasteiger partial charge in [0.2, 0.25) is 0 Å². The Kier molecular flexibility index (Phi) is 7.15. The number of rotatable bonds is 9. The van der Waals surface area contributed by atoms with Crippen molar-refractivity contribution in [1.82, 2.24) is 5.32 Å². The van der Waals surface area contributed by atoms with E-state index in [0.717, 1.165) is 26.2 Å². The number of hydrogen-bond donors (Lipinski definition) is 2. The van der Waals surface area contributed by atoms with Gasteiger partial charge in [-0.15, -0.1) is 0 Å². The van der Waals surface area contributed by atoms with Crippen LogP contribution in [0.1, 0.15) is 34.1 Å². The second-order valence-corrected chi connectivity index (χ2v) is 5.07. The quantitative estimate of drug-likeness (QED) is 0.587. The molecule has 4 nitrogen and oxygen atoms in total. The van der Waals surface area contributed by atoms with E-state index in [1.165, 1.54) is 0 Å². The van der Waals surface area contributed by atoms with Gasteiger partial charge in [-0.3, -0.25) is 0 Å². The van der Waals surface area contributed by atoms with Gasteiger partial charge in [0.25, 0.3) is 0 Å². The van der Waals surface area contributed by atoms with Crippen LogP contribution in [0.4, 0.5) is 0 Å². The predicted molar refractivity (Wildman–Crippen MR) is 65.7 cm³/mol. The van der Waals surface area contributed by atoms with Crippen LogP contribution in [0, 0.1) is 0 Å². The third kappa shape index (κ3) is 6.43. The van der Waals surface area contributed by atoms with E-state index in [-0.39, 0.29) is 5.54 Å². The first-order chi connectivity index (χ1) is 7.31. The Labute approximate surface area is 99.3 Å². The van der Waals surface area contributed by atoms with Crippen LogP contribution in [-0.4, -0.2) is 49.7 Å². The van der Waals surface area contributed by atoms with Crippen LogP contribution >= 0.6 is 0 Å². The molecule has 0 aromatic heterocycles. The summed E-state index contributed by atoms with van der Waals surface area (Å²) in [5.41, 5.74) is -1.06. The van der Waals surface area contributed by atoms with Crippen molar-refractivity contribution in [3.05, 3.63) is 0 Å². The van der Waals surface area contributed by atoms with Gasteiger partial charge in [0, 0.05) is 32.4 Å². The molecule has 98 valence electrons. The van der Waals surface area contributed by atoms with Crippen molar-refractivity contribution in [1.29, 1.82) is 0 Å². The van der Waals surface area contributed by atoms with Crippen molar-refractivity contribution in [3.63, 3.8) is 0 Å². The van der Waals surface area contributed by atoms with E-state index >= 15 is 0 Å². The van der Waals surface area contributed by atoms with Gasteiger partial charge in [-0.25, -0.2) is 0 Å². The SMILES string of the molecule is COCCCOCCNC(C)(C)C(C)(C)O. The lowest BCUT2D eigenvalue weighted by atomic mass is 9.86. The van der Waals surface area contributed by atoms with Gasteiger partial charge in [-0.05, 0) is 34.1 Å². The average Bonchev–Trinajstić information content (AvgIpc) is 2.14. The van der Waals surface area contributed by atoms with Crippen molar-refractivity contribution in [2.75, 3.05) is 33.5 Å². The molecule has 0 aromatic rings. The summed E-state index contributed by atoms with van der Waals surface area (Å²) in [6, 6.07) is 0. The molecule has 0 aliphatic rings. The lowest BCUT2D eigenvalue weighted by molar-refractivity contribution is -0.00825. The number of aliphatic hydroxyl groups is 1. The van der Waals surface area contributed by atoms with Gasteiger partial charge in [0.05, 0.1) is 12.2 Å². The number of nitrogens with one attached hydrogen (secondary N) is 1. The highest BCUT2D eigenvalue weighted by atomic mass is 16.5. The van der Waals surface area contributed by atoms with Gasteiger partial charge in [-0.2, -0.15) is 0 Å². The highest BCUT2D eigenvalue weighted by molar-refractivity contribution is 4.93. The predicted octanol–water partition coefficient (Wildman–Crippen LogP) is 1.18. The monoisotopic (exact) mass is 233 g/mol. The van der Waals surface area contributed by atoms with Crippen LogP contribution in [0.3, 0.4) is 0 Å². The molecule has 0 aliphatic carbocycles. The lowest BCUT2D eigenvalue weighted by Gasteiger charge is -2.38. The maximum Gasteiger partial charge on any atom is 0.0767 e. The Hall–Kier alpha value is -0.160. The molecule has 0 rings (SSSR count). The fraction of sp³-hybridized carbons (Fsp3) is 1.00. The Morgan fingerprint density at radius 2 is 1.69 bits per heavy atom. The molecule has 2 N–H and O–H groups in total. The largest absolute Gasteiger partial charge is 0.389 e. The van der Waals surface area contributed by atoms with Crippen molar-refractivity contribution in [2.24, 2.45) is 0 Å². The summed E-state index contributed by atoms with van der Waals surface area (Å²) in [6.07, 6.45) is 0.922. The highest BCUT2D eigenvalue weighted by Crippen LogP contribution is 2.19. The van der Waals surface area contributed by atoms with E-state index < -0.39 is 5.60 Å². The van der Waals surface area contributed by atoms with Crippen LogP contribution < -0.4 is 5.32 Å². The van der Waals surface area contributed by atoms with Crippen molar-refractivity contribution in [2.45, 2.75) is 45.3 Å². The minimum absolute atomic E-state index is 0.317. The Balaban J connectivity index is 3.51. The summed E-state index contributed by atoms with van der Waals surface area (Å²) < 4.78 is 10.3. The van der Waals surface area contributed by atoms with E-state index in [0.29, 0.717) is 6.61 Å². The minimum atomic E-state index is -0.747. The molecule has 4 heteroatoms. The zero-order valence-electron chi connectivity index (χ0n) is 11.3. The van der Waals surface area contributed by atoms with E-state index in [9.17, 15) is 5.11 Å². The molecule has 0 amide bonds. The molecule has 0 radical (unpaired) electrons. The van der Waals surface area contributed by atoms with Gasteiger partial charge < -0.3 is 19.9 Å². The van der Waals surface area contributed by atoms with E-state index in [4.69, 9.17) is 9.47 Å². The van der Waals surface area contributed by atoms with Gasteiger partial charge in [0.1, 0.15) is 0 Å². The Morgan fingerprint density at radius 3 is 2.19 bits per heavy atom. The maximum absolute atomic E-state index is 9.90. The van der Waals surface area contributed by atoms with Crippen molar-refractivity contribution in [3.8, 4) is 0 Å². The molecule has 0 saturated heterocycles. The van der Waals surface area contributed by atoms with Crippen LogP contribution in [-0.2, 0) is 9.47 Å². The van der Waals surface area contributed by atoms with Crippen LogP contribution in [0.15, 0.2) is 0 Å². The third-order valence-electron chi connectivity index (χ3n) is 2.98. The summed E-state index contributed by atoms with van der Waals surface area (Å²) in [5.74, 6) is 0. The van der Waals surface area contributed by atoms with E-state index in [1.54, 1.807) is 21.0 Å². The molecule has 0 atom stereocenters. The normalized spacial score (nSPS) is 13.1. The topological polar surface area (TPSA) is 50.7 Å². The molecule has 0 saturated carbocycles. The Morgan fingerprint density at radius 1 is 1.06 bits per heavy atom. The standard InChI is InChI=1S/C12H27NO3/c1-11(2,12(3,4)14)13-7-10-16-9-6-8-15-5/h13-14H,6-10H2,1-5H3. The molecule has 0 unspecified atom stereocenters. The molecule has 0 bridgehead atoms. The van der Waals surface area contributed by atoms with Gasteiger partial charge in [-0.1, -0.05) is 0 Å². The minimum Gasteiger partial charge on any atom is -0.389 e. The average molecular weight is 233 g/mol. The molecular formula is C12H27NO3. The van der Waals surface area contributed by atoms with Crippen LogP contribution in [0.2, 0.25) is 0 Å². The maximum atomic E-state index is 9.90. The number of methoxy groups -OCH3 is 1. The molecule has 0 fully saturated rings. The molecule has 0 spiro atoms. The van der Waals surface area contributed by atoms with Gasteiger partial charge >= 0.3 is 0 Å². The lowest BCUT2D eigenvalue weighted by Crippen LogP contribution is -2.56. The molecule has 16 heavy (non-hydrogen) atoms. The first kappa shape index (κ1) is 15.8. The fourth-order valence-corrected chi connectivity index (χ4v) is 1.06. The summed E-state index contributed by atoms with van der Waals surface area (Å²) in [4.78, 5) is 0. The fourth-order valence-electron chi connectivity index (χ4n) is 1.06. The zero-order valence-corrected chi connectivity index (χ0v) is 11.3. The summed E-state index contributed by atoms with van der Waals surface area (Å²) in [7, 11) is 1.69. The second kappa shape index (κ2) is 7.22. The van der Waals surface area contributed by atoms with E-state index in [1.807, 2.05) is 13.8 Å². The van der Waals surface area contributed by atoms with E-state index in [2.05, 4.69) is 5.32 Å². The first-order valence-corrected chi connectivity index (χ1v) is 5.85. The third-order valence-corrected chi connectivity index (χ3v) is 2.98. The summed E-state index contributed by atoms with van der Waals surface area (Å²) >= 11 is 0. The van der Waals surface area contributed by atoms with Gasteiger partial charge in [0.15, 0.2) is 0 Å². The van der Waals surface area contributed by atoms with Crippen LogP contribution in [0.25, 0.3) is 0 Å². The summed E-state index contributed by atoms with van der Waals surface area (Å²) in [6.45, 7) is 10.4. The summed E-state index contributed by atoms with van der Waals surface area (Å²) in [5, 5.41) is 13.2. The molecule has 0 heterocycles. The number of ether oxygens (including phenoxy) is 2. The van der Waals surface area contributed by atoms with Crippen molar-refractivity contribution < 1.29 is 14.6 Å².